The van der Waals surface area contributed by atoms with Crippen LogP contribution in [0.25, 0.3) is 32.1 Å². The Kier molecular flexibility index (Phi) is 5.23. The molecule has 0 spiro atoms. The summed E-state index contributed by atoms with van der Waals surface area (Å²) in [5.41, 5.74) is 1.51. The van der Waals surface area contributed by atoms with E-state index in [1.165, 1.54) is 35.4 Å². The molecule has 138 valence electrons. The minimum Gasteiger partial charge on any atom is -0.507 e. The smallest absolute Gasteiger partial charge is 0.266 e. The van der Waals surface area contributed by atoms with E-state index in [1.54, 1.807) is 18.2 Å². The molecule has 2 aromatic heterocycles. The van der Waals surface area contributed by atoms with Crippen molar-refractivity contribution in [3.8, 4) is 16.9 Å². The molecule has 0 saturated carbocycles. The minimum atomic E-state index is -0.373. The number of aromatic hydroxyl groups is 1. The highest BCUT2D eigenvalue weighted by Crippen LogP contribution is 2.40. The number of hydrogen-bond acceptors (Lipinski definition) is 5. The summed E-state index contributed by atoms with van der Waals surface area (Å²) in [7, 11) is 0. The number of aromatic nitrogens is 1. The fourth-order valence-corrected chi connectivity index (χ4v) is 4.94. The second-order valence-corrected chi connectivity index (χ2v) is 8.47. The number of benzene rings is 2. The van der Waals surface area contributed by atoms with Crippen molar-refractivity contribution in [2.75, 3.05) is 11.9 Å². The summed E-state index contributed by atoms with van der Waals surface area (Å²) in [5.74, 6) is -0.332. The van der Waals surface area contributed by atoms with Gasteiger partial charge in [0.2, 0.25) is 0 Å². The van der Waals surface area contributed by atoms with Crippen LogP contribution in [0.2, 0.25) is 0 Å². The predicted octanol–water partition coefficient (Wildman–Crippen LogP) is 5.25. The van der Waals surface area contributed by atoms with E-state index in [0.29, 0.717) is 38.2 Å². The van der Waals surface area contributed by atoms with Crippen LogP contribution < -0.4 is 10.3 Å². The Bertz CT molecular complexity index is 1210. The zero-order chi connectivity index (χ0) is 19.0. The maximum Gasteiger partial charge on any atom is 0.266 e. The lowest BCUT2D eigenvalue weighted by atomic mass is 9.97. The van der Waals surface area contributed by atoms with Gasteiger partial charge in [-0.1, -0.05) is 22.0 Å². The summed E-state index contributed by atoms with van der Waals surface area (Å²) >= 11 is 5.88. The Hall–Kier alpha value is -1.87. The summed E-state index contributed by atoms with van der Waals surface area (Å²) < 4.78 is 18.2. The molecule has 0 aliphatic rings. The average Bonchev–Trinajstić information content (AvgIpc) is 3.14. The number of hydrogen-bond donors (Lipinski definition) is 3. The van der Waals surface area contributed by atoms with E-state index >= 15 is 0 Å². The zero-order valence-electron chi connectivity index (χ0n) is 13.9. The van der Waals surface area contributed by atoms with Gasteiger partial charge in [0, 0.05) is 33.7 Å². The van der Waals surface area contributed by atoms with E-state index in [4.69, 9.17) is 0 Å². The lowest BCUT2D eigenvalue weighted by Crippen LogP contribution is -2.06. The molecule has 0 bridgehead atoms. The van der Waals surface area contributed by atoms with Crippen molar-refractivity contribution < 1.29 is 9.50 Å². The largest absolute Gasteiger partial charge is 0.507 e. The molecular formula is C19H14BrFN2O2S2. The van der Waals surface area contributed by atoms with Crippen LogP contribution >= 0.6 is 39.2 Å². The predicted molar refractivity (Wildman–Crippen MR) is 115 cm³/mol. The Balaban J connectivity index is 1.91. The maximum atomic E-state index is 14.6. The Labute approximate surface area is 170 Å². The van der Waals surface area contributed by atoms with Crippen molar-refractivity contribution in [1.82, 2.24) is 9.71 Å². The Morgan fingerprint density at radius 3 is 2.89 bits per heavy atom. The highest BCUT2D eigenvalue weighted by Gasteiger charge is 2.16. The van der Waals surface area contributed by atoms with E-state index in [2.05, 4.69) is 25.6 Å². The van der Waals surface area contributed by atoms with Crippen molar-refractivity contribution in [2.45, 2.75) is 4.90 Å². The molecule has 0 fully saturated rings. The van der Waals surface area contributed by atoms with Gasteiger partial charge in [0.15, 0.2) is 0 Å². The van der Waals surface area contributed by atoms with Gasteiger partial charge < -0.3 is 10.1 Å². The first-order chi connectivity index (χ1) is 13.1. The van der Waals surface area contributed by atoms with Crippen LogP contribution in [0.4, 0.5) is 4.39 Å². The first-order valence-electron chi connectivity index (χ1n) is 8.11. The average molecular weight is 465 g/mol. The second kappa shape index (κ2) is 7.63. The van der Waals surface area contributed by atoms with E-state index in [0.717, 1.165) is 10.7 Å². The minimum absolute atomic E-state index is 0.0410. The topological polar surface area (TPSA) is 65.1 Å². The third kappa shape index (κ3) is 3.38. The van der Waals surface area contributed by atoms with E-state index in [-0.39, 0.29) is 17.1 Å². The number of nitrogens with one attached hydrogen (secondary N) is 2. The van der Waals surface area contributed by atoms with Crippen LogP contribution in [0.3, 0.4) is 0 Å². The van der Waals surface area contributed by atoms with Gasteiger partial charge in [-0.2, -0.15) is 0 Å². The van der Waals surface area contributed by atoms with E-state index in [1.807, 2.05) is 11.4 Å². The molecule has 0 aliphatic carbocycles. The van der Waals surface area contributed by atoms with Gasteiger partial charge in [-0.25, -0.2) is 4.39 Å². The summed E-state index contributed by atoms with van der Waals surface area (Å²) in [6.45, 7) is 0.708. The van der Waals surface area contributed by atoms with Gasteiger partial charge in [-0.05, 0) is 53.2 Å². The number of alkyl halides is 1. The second-order valence-electron chi connectivity index (χ2n) is 5.83. The number of pyridine rings is 1. The third-order valence-electron chi connectivity index (χ3n) is 4.17. The number of phenols is 1. The number of rotatable bonds is 5. The third-order valence-corrected chi connectivity index (χ3v) is 6.38. The standard InChI is InChI=1S/C19H14BrFN2O2S2/c20-6-7-22-27-15-4-1-10(9-12(15)21)16-14(24)3-2-13-17(16)11-5-8-26-18(11)19(25)23-13/h1-5,8-9,22,24H,6-7H2,(H,23,25). The SMILES string of the molecule is O=c1[nH]c2ccc(O)c(-c3ccc(SNCCBr)c(F)c3)c2c2ccsc12. The molecule has 27 heavy (non-hydrogen) atoms. The molecule has 0 atom stereocenters. The molecular weight excluding hydrogens is 451 g/mol. The first kappa shape index (κ1) is 18.5. The normalized spacial score (nSPS) is 11.5. The summed E-state index contributed by atoms with van der Waals surface area (Å²) in [6, 6.07) is 9.91. The number of thiophene rings is 1. The molecule has 0 radical (unpaired) electrons. The van der Waals surface area contributed by atoms with Crippen LogP contribution in [0.1, 0.15) is 0 Å². The number of fused-ring (bicyclic) bond motifs is 3. The Morgan fingerprint density at radius 1 is 1.26 bits per heavy atom. The van der Waals surface area contributed by atoms with Crippen LogP contribution in [0, 0.1) is 5.82 Å². The molecule has 4 aromatic rings. The molecule has 4 nitrogen and oxygen atoms in total. The maximum absolute atomic E-state index is 14.6. The number of phenolic OH excluding ortho intramolecular Hbond substituents is 1. The number of H-pyrrole nitrogens is 1. The van der Waals surface area contributed by atoms with Crippen molar-refractivity contribution in [3.05, 3.63) is 57.9 Å². The molecule has 2 aromatic carbocycles. The van der Waals surface area contributed by atoms with E-state index in [9.17, 15) is 14.3 Å². The zero-order valence-corrected chi connectivity index (χ0v) is 17.1. The molecule has 0 aliphatic heterocycles. The molecule has 3 N–H and O–H groups in total. The molecule has 0 amide bonds. The molecule has 2 heterocycles. The van der Waals surface area contributed by atoms with E-state index < -0.39 is 0 Å². The summed E-state index contributed by atoms with van der Waals surface area (Å²) in [6.07, 6.45) is 0. The summed E-state index contributed by atoms with van der Waals surface area (Å²) in [4.78, 5) is 15.6. The van der Waals surface area contributed by atoms with Gasteiger partial charge in [0.05, 0.1) is 4.90 Å². The monoisotopic (exact) mass is 464 g/mol. The number of aromatic amines is 1. The first-order valence-corrected chi connectivity index (χ1v) is 10.9. The molecule has 8 heteroatoms. The lowest BCUT2D eigenvalue weighted by Gasteiger charge is -2.12. The molecule has 0 unspecified atom stereocenters. The lowest BCUT2D eigenvalue weighted by molar-refractivity contribution is 0.478. The Morgan fingerprint density at radius 2 is 2.11 bits per heavy atom. The van der Waals surface area contributed by atoms with Gasteiger partial charge in [-0.3, -0.25) is 9.52 Å². The molecule has 0 saturated heterocycles. The van der Waals surface area contributed by atoms with Crippen LogP contribution in [-0.4, -0.2) is 22.0 Å². The van der Waals surface area contributed by atoms with Crippen LogP contribution in [0.5, 0.6) is 5.75 Å². The van der Waals surface area contributed by atoms with Gasteiger partial charge in [-0.15, -0.1) is 11.3 Å². The quantitative estimate of drug-likeness (QED) is 0.214. The van der Waals surface area contributed by atoms with Crippen LogP contribution in [0.15, 0.2) is 51.5 Å². The number of halogens is 2. The van der Waals surface area contributed by atoms with Crippen molar-refractivity contribution in [2.24, 2.45) is 0 Å². The summed E-state index contributed by atoms with van der Waals surface area (Å²) in [5, 5.41) is 14.6. The van der Waals surface area contributed by atoms with Crippen molar-refractivity contribution in [1.29, 1.82) is 0 Å². The molecule has 4 rings (SSSR count). The van der Waals surface area contributed by atoms with Gasteiger partial charge >= 0.3 is 0 Å². The van der Waals surface area contributed by atoms with Crippen molar-refractivity contribution in [3.63, 3.8) is 0 Å². The fourth-order valence-electron chi connectivity index (χ4n) is 3.04. The van der Waals surface area contributed by atoms with Gasteiger partial charge in [0.25, 0.3) is 5.56 Å². The fraction of sp³-hybridized carbons (Fsp3) is 0.105. The van der Waals surface area contributed by atoms with Crippen molar-refractivity contribution >= 4 is 60.2 Å². The highest BCUT2D eigenvalue weighted by atomic mass is 79.9. The van der Waals surface area contributed by atoms with Gasteiger partial charge in [0.1, 0.15) is 16.3 Å². The highest BCUT2D eigenvalue weighted by molar-refractivity contribution is 9.09. The van der Waals surface area contributed by atoms with Crippen LogP contribution in [-0.2, 0) is 0 Å².